The fourth-order valence-corrected chi connectivity index (χ4v) is 6.42. The van der Waals surface area contributed by atoms with Crippen LogP contribution in [-0.4, -0.2) is 20.9 Å². The number of carbonyl (C=O) groups is 1. The van der Waals surface area contributed by atoms with Crippen molar-refractivity contribution >= 4 is 33.0 Å². The maximum Gasteiger partial charge on any atom is 0.273 e. The molecule has 0 fully saturated rings. The summed E-state index contributed by atoms with van der Waals surface area (Å²) in [6.45, 7) is 3.78. The van der Waals surface area contributed by atoms with Crippen LogP contribution < -0.4 is 9.62 Å². The molecule has 1 aromatic heterocycles. The van der Waals surface area contributed by atoms with Gasteiger partial charge in [0.1, 0.15) is 4.21 Å². The van der Waals surface area contributed by atoms with Gasteiger partial charge in [-0.15, -0.1) is 11.3 Å². The van der Waals surface area contributed by atoms with Crippen LogP contribution in [0, 0.1) is 0 Å². The molecular weight excluding hydrogens is 404 g/mol. The second-order valence-corrected chi connectivity index (χ2v) is 9.85. The molecule has 1 amide bonds. The van der Waals surface area contributed by atoms with Gasteiger partial charge >= 0.3 is 0 Å². The van der Waals surface area contributed by atoms with E-state index in [1.54, 1.807) is 12.1 Å². The first-order chi connectivity index (χ1) is 14.0. The molecule has 1 atom stereocenters. The van der Waals surface area contributed by atoms with Crippen molar-refractivity contribution in [2.75, 3.05) is 10.8 Å². The number of nitrogens with zero attached hydrogens (tertiary/aromatic N) is 1. The number of hydrogen-bond acceptors (Lipinski definition) is 4. The number of thiophene rings is 1. The summed E-state index contributed by atoms with van der Waals surface area (Å²) in [7, 11) is -3.70. The number of rotatable bonds is 5. The molecule has 1 aliphatic heterocycles. The topological polar surface area (TPSA) is 66.5 Å². The first-order valence-electron chi connectivity index (χ1n) is 9.20. The number of benzene rings is 2. The molecule has 0 saturated carbocycles. The van der Waals surface area contributed by atoms with Crippen molar-refractivity contribution in [3.63, 3.8) is 0 Å². The Morgan fingerprint density at radius 3 is 2.55 bits per heavy atom. The van der Waals surface area contributed by atoms with E-state index in [4.69, 9.17) is 0 Å². The molecule has 2 aromatic carbocycles. The number of fused-ring (bicyclic) bond motifs is 1. The molecule has 3 aromatic rings. The minimum Gasteiger partial charge on any atom is -0.346 e. The van der Waals surface area contributed by atoms with Gasteiger partial charge < -0.3 is 5.32 Å². The zero-order valence-corrected chi connectivity index (χ0v) is 17.2. The van der Waals surface area contributed by atoms with Crippen LogP contribution in [0.15, 0.2) is 83.6 Å². The molecule has 0 radical (unpaired) electrons. The lowest BCUT2D eigenvalue weighted by atomic mass is 9.98. The third-order valence-corrected chi connectivity index (χ3v) is 8.30. The Labute approximate surface area is 174 Å². The minimum atomic E-state index is -3.70. The number of carbonyl (C=O) groups excluding carboxylic acids is 1. The van der Waals surface area contributed by atoms with Crippen LogP contribution in [0.2, 0.25) is 0 Å². The van der Waals surface area contributed by atoms with E-state index in [2.05, 4.69) is 11.9 Å². The molecule has 0 saturated heterocycles. The molecule has 1 aliphatic rings. The van der Waals surface area contributed by atoms with Gasteiger partial charge in [-0.2, -0.15) is 0 Å². The van der Waals surface area contributed by atoms with Crippen LogP contribution in [0.1, 0.15) is 18.0 Å². The number of para-hydroxylation sites is 1. The van der Waals surface area contributed by atoms with E-state index in [0.29, 0.717) is 22.9 Å². The zero-order chi connectivity index (χ0) is 20.4. The highest BCUT2D eigenvalue weighted by Crippen LogP contribution is 2.39. The van der Waals surface area contributed by atoms with Crippen LogP contribution in [-0.2, 0) is 14.8 Å². The predicted molar refractivity (Wildman–Crippen MR) is 116 cm³/mol. The third-order valence-electron chi connectivity index (χ3n) is 4.89. The maximum absolute atomic E-state index is 13.4. The fraction of sp³-hybridized carbons (Fsp3) is 0.136. The van der Waals surface area contributed by atoms with Crippen LogP contribution in [0.25, 0.3) is 10.4 Å². The summed E-state index contributed by atoms with van der Waals surface area (Å²) in [6.07, 6.45) is 1.72. The summed E-state index contributed by atoms with van der Waals surface area (Å²) in [6, 6.07) is 20.3. The number of anilines is 1. The van der Waals surface area contributed by atoms with Crippen molar-refractivity contribution in [3.8, 4) is 10.4 Å². The lowest BCUT2D eigenvalue weighted by Crippen LogP contribution is -2.40. The van der Waals surface area contributed by atoms with E-state index >= 15 is 0 Å². The standard InChI is InChI=1S/C22H20N2O3S2/c1-2-21(25)23-18-14-15-24(19-11-7-6-10-17(18)19)29(26,27)22-13-12-20(28-22)16-8-4-3-5-9-16/h2-13,18H,1,14-15H2,(H,23,25). The average molecular weight is 425 g/mol. The lowest BCUT2D eigenvalue weighted by Gasteiger charge is -2.34. The van der Waals surface area contributed by atoms with Gasteiger partial charge in [0.2, 0.25) is 5.91 Å². The van der Waals surface area contributed by atoms with Gasteiger partial charge in [-0.05, 0) is 41.8 Å². The summed E-state index contributed by atoms with van der Waals surface area (Å²) in [5, 5.41) is 2.89. The summed E-state index contributed by atoms with van der Waals surface area (Å²) in [5.41, 5.74) is 2.38. The van der Waals surface area contributed by atoms with Crippen molar-refractivity contribution in [2.24, 2.45) is 0 Å². The van der Waals surface area contributed by atoms with Gasteiger partial charge in [-0.3, -0.25) is 9.10 Å². The van der Waals surface area contributed by atoms with Gasteiger partial charge in [0.25, 0.3) is 10.0 Å². The normalized spacial score (nSPS) is 16.1. The molecule has 7 heteroatoms. The van der Waals surface area contributed by atoms with Crippen molar-refractivity contribution in [3.05, 3.63) is 84.9 Å². The summed E-state index contributed by atoms with van der Waals surface area (Å²) < 4.78 is 28.6. The largest absolute Gasteiger partial charge is 0.346 e. The predicted octanol–water partition coefficient (Wildman–Crippen LogP) is 4.36. The molecule has 29 heavy (non-hydrogen) atoms. The second-order valence-electron chi connectivity index (χ2n) is 6.67. The Morgan fingerprint density at radius 1 is 1.07 bits per heavy atom. The first-order valence-corrected chi connectivity index (χ1v) is 11.5. The van der Waals surface area contributed by atoms with Crippen LogP contribution in [0.3, 0.4) is 0 Å². The van der Waals surface area contributed by atoms with E-state index in [1.807, 2.05) is 54.6 Å². The molecule has 148 valence electrons. The second kappa shape index (κ2) is 7.85. The Bertz CT molecular complexity index is 1150. The van der Waals surface area contributed by atoms with Gasteiger partial charge in [0, 0.05) is 11.4 Å². The van der Waals surface area contributed by atoms with Crippen molar-refractivity contribution in [1.29, 1.82) is 0 Å². The van der Waals surface area contributed by atoms with E-state index in [1.165, 1.54) is 21.7 Å². The van der Waals surface area contributed by atoms with E-state index < -0.39 is 10.0 Å². The highest BCUT2D eigenvalue weighted by atomic mass is 32.2. The van der Waals surface area contributed by atoms with E-state index in [0.717, 1.165) is 16.0 Å². The van der Waals surface area contributed by atoms with Crippen LogP contribution in [0.4, 0.5) is 5.69 Å². The van der Waals surface area contributed by atoms with Crippen molar-refractivity contribution < 1.29 is 13.2 Å². The Kier molecular flexibility index (Phi) is 5.25. The van der Waals surface area contributed by atoms with Crippen LogP contribution in [0.5, 0.6) is 0 Å². The molecule has 4 rings (SSSR count). The fourth-order valence-electron chi connectivity index (χ4n) is 3.49. The van der Waals surface area contributed by atoms with Gasteiger partial charge in [-0.1, -0.05) is 55.1 Å². The molecule has 2 heterocycles. The van der Waals surface area contributed by atoms with Crippen LogP contribution >= 0.6 is 11.3 Å². The molecule has 0 bridgehead atoms. The van der Waals surface area contributed by atoms with Gasteiger partial charge in [0.15, 0.2) is 0 Å². The molecule has 1 unspecified atom stereocenters. The summed E-state index contributed by atoms with van der Waals surface area (Å²) in [4.78, 5) is 12.7. The number of sulfonamides is 1. The number of amides is 1. The molecule has 0 spiro atoms. The molecule has 0 aliphatic carbocycles. The monoisotopic (exact) mass is 424 g/mol. The van der Waals surface area contributed by atoms with Gasteiger partial charge in [-0.25, -0.2) is 8.42 Å². The smallest absolute Gasteiger partial charge is 0.273 e. The average Bonchev–Trinajstić information content (AvgIpc) is 3.25. The maximum atomic E-state index is 13.4. The third kappa shape index (κ3) is 3.71. The minimum absolute atomic E-state index is 0.244. The quantitative estimate of drug-likeness (QED) is 0.619. The number of hydrogen-bond donors (Lipinski definition) is 1. The molecule has 1 N–H and O–H groups in total. The van der Waals surface area contributed by atoms with E-state index in [9.17, 15) is 13.2 Å². The highest BCUT2D eigenvalue weighted by molar-refractivity contribution is 7.94. The summed E-state index contributed by atoms with van der Waals surface area (Å²) in [5.74, 6) is -0.271. The molecule has 5 nitrogen and oxygen atoms in total. The Hall–Kier alpha value is -2.90. The molecular formula is C22H20N2O3S2. The Morgan fingerprint density at radius 2 is 1.79 bits per heavy atom. The Balaban J connectivity index is 1.69. The first kappa shape index (κ1) is 19.4. The number of nitrogens with one attached hydrogen (secondary N) is 1. The van der Waals surface area contributed by atoms with Crippen molar-refractivity contribution in [2.45, 2.75) is 16.7 Å². The van der Waals surface area contributed by atoms with E-state index in [-0.39, 0.29) is 11.9 Å². The summed E-state index contributed by atoms with van der Waals surface area (Å²) >= 11 is 1.26. The van der Waals surface area contributed by atoms with Gasteiger partial charge in [0.05, 0.1) is 11.7 Å². The highest BCUT2D eigenvalue weighted by Gasteiger charge is 2.34. The zero-order valence-electron chi connectivity index (χ0n) is 15.6. The SMILES string of the molecule is C=CC(=O)NC1CCN(S(=O)(=O)c2ccc(-c3ccccc3)s2)c2ccccc21. The van der Waals surface area contributed by atoms with Crippen molar-refractivity contribution in [1.82, 2.24) is 5.32 Å². The lowest BCUT2D eigenvalue weighted by molar-refractivity contribution is -0.117.